The second-order valence-corrected chi connectivity index (χ2v) is 10.2. The molecular formula is C28H31N5O. The molecule has 6 heteroatoms. The van der Waals surface area contributed by atoms with E-state index >= 15 is 0 Å². The molecule has 2 fully saturated rings. The zero-order valence-electron chi connectivity index (χ0n) is 19.9. The average molecular weight is 454 g/mol. The van der Waals surface area contributed by atoms with Crippen LogP contribution in [0.1, 0.15) is 66.7 Å². The second-order valence-electron chi connectivity index (χ2n) is 10.2. The number of rotatable bonds is 4. The molecule has 1 unspecified atom stereocenters. The van der Waals surface area contributed by atoms with Crippen LogP contribution >= 0.6 is 0 Å². The van der Waals surface area contributed by atoms with Crippen molar-refractivity contribution in [2.45, 2.75) is 51.9 Å². The molecule has 1 aliphatic heterocycles. The number of Topliss-reactive ketones (excluding diaryl/α,β-unsaturated/α-hetero) is 1. The third-order valence-electron chi connectivity index (χ3n) is 7.74. The Morgan fingerprint density at radius 2 is 1.94 bits per heavy atom. The number of aryl methyl sites for hydroxylation is 1. The van der Waals surface area contributed by atoms with Crippen molar-refractivity contribution < 1.29 is 4.79 Å². The molecule has 0 spiro atoms. The zero-order valence-corrected chi connectivity index (χ0v) is 19.9. The summed E-state index contributed by atoms with van der Waals surface area (Å²) < 4.78 is 1.90. The number of ketones is 1. The minimum absolute atomic E-state index is 0.0966. The number of benzene rings is 1. The van der Waals surface area contributed by atoms with Gasteiger partial charge in [0.15, 0.2) is 11.4 Å². The SMILES string of the molecule is Cc1cn2nc([C@@H]3CCCCC3C(=O)c3nccc4ccccc34)cc2nc1N1CC[C@H](C)C1. The van der Waals surface area contributed by atoms with Crippen molar-refractivity contribution in [1.29, 1.82) is 0 Å². The maximum absolute atomic E-state index is 13.8. The van der Waals surface area contributed by atoms with Gasteiger partial charge in [0.25, 0.3) is 0 Å². The van der Waals surface area contributed by atoms with Crippen LogP contribution in [0.25, 0.3) is 16.4 Å². The second kappa shape index (κ2) is 8.49. The van der Waals surface area contributed by atoms with Crippen LogP contribution in [0.4, 0.5) is 5.82 Å². The fourth-order valence-electron chi connectivity index (χ4n) is 5.94. The number of pyridine rings is 1. The van der Waals surface area contributed by atoms with Gasteiger partial charge in [0.1, 0.15) is 11.5 Å². The smallest absolute Gasteiger partial charge is 0.185 e. The maximum atomic E-state index is 13.8. The lowest BCUT2D eigenvalue weighted by Crippen LogP contribution is -2.27. The van der Waals surface area contributed by atoms with E-state index in [9.17, 15) is 4.79 Å². The number of anilines is 1. The molecule has 1 aliphatic carbocycles. The number of carbonyl (C=O) groups excluding carboxylic acids is 1. The molecule has 2 aliphatic rings. The molecule has 3 aromatic heterocycles. The Hall–Kier alpha value is -3.28. The van der Waals surface area contributed by atoms with Crippen LogP contribution in [-0.2, 0) is 0 Å². The normalized spacial score (nSPS) is 23.1. The molecule has 6 nitrogen and oxygen atoms in total. The number of nitrogens with zero attached hydrogens (tertiary/aromatic N) is 5. The van der Waals surface area contributed by atoms with Gasteiger partial charge in [0.2, 0.25) is 0 Å². The quantitative estimate of drug-likeness (QED) is 0.377. The number of aromatic nitrogens is 4. The molecule has 3 atom stereocenters. The van der Waals surface area contributed by atoms with E-state index in [2.05, 4.69) is 36.0 Å². The number of carbonyl (C=O) groups is 1. The van der Waals surface area contributed by atoms with E-state index in [1.807, 2.05) is 34.8 Å². The van der Waals surface area contributed by atoms with Gasteiger partial charge in [-0.2, -0.15) is 5.10 Å². The van der Waals surface area contributed by atoms with Crippen LogP contribution in [0.15, 0.2) is 48.8 Å². The Morgan fingerprint density at radius 3 is 2.79 bits per heavy atom. The molecule has 174 valence electrons. The van der Waals surface area contributed by atoms with Gasteiger partial charge in [-0.25, -0.2) is 9.50 Å². The lowest BCUT2D eigenvalue weighted by Gasteiger charge is -2.29. The van der Waals surface area contributed by atoms with Crippen molar-refractivity contribution >= 4 is 28.0 Å². The predicted octanol–water partition coefficient (Wildman–Crippen LogP) is 5.59. The molecule has 1 saturated heterocycles. The summed E-state index contributed by atoms with van der Waals surface area (Å²) >= 11 is 0. The number of hydrogen-bond acceptors (Lipinski definition) is 5. The lowest BCUT2D eigenvalue weighted by molar-refractivity contribution is 0.0863. The summed E-state index contributed by atoms with van der Waals surface area (Å²) in [6, 6.07) is 12.1. The fraction of sp³-hybridized carbons (Fsp3) is 0.429. The molecule has 0 bridgehead atoms. The molecular weight excluding hydrogens is 422 g/mol. The van der Waals surface area contributed by atoms with Gasteiger partial charge in [0, 0.05) is 54.3 Å². The van der Waals surface area contributed by atoms with Gasteiger partial charge in [-0.15, -0.1) is 0 Å². The monoisotopic (exact) mass is 453 g/mol. The highest BCUT2D eigenvalue weighted by Gasteiger charge is 2.35. The molecule has 6 rings (SSSR count). The van der Waals surface area contributed by atoms with Gasteiger partial charge in [0.05, 0.1) is 5.69 Å². The van der Waals surface area contributed by atoms with Crippen molar-refractivity contribution in [3.63, 3.8) is 0 Å². The first-order chi connectivity index (χ1) is 16.6. The Balaban J connectivity index is 1.35. The van der Waals surface area contributed by atoms with E-state index in [1.165, 1.54) is 6.42 Å². The third kappa shape index (κ3) is 3.65. The van der Waals surface area contributed by atoms with Crippen molar-refractivity contribution in [3.05, 3.63) is 65.7 Å². The van der Waals surface area contributed by atoms with Crippen LogP contribution in [0.5, 0.6) is 0 Å². The molecule has 4 heterocycles. The molecule has 0 amide bonds. The van der Waals surface area contributed by atoms with Crippen LogP contribution < -0.4 is 4.90 Å². The summed E-state index contributed by atoms with van der Waals surface area (Å²) in [6.07, 6.45) is 9.10. The zero-order chi connectivity index (χ0) is 23.2. The van der Waals surface area contributed by atoms with E-state index in [4.69, 9.17) is 10.1 Å². The van der Waals surface area contributed by atoms with Crippen LogP contribution in [0.2, 0.25) is 0 Å². The third-order valence-corrected chi connectivity index (χ3v) is 7.74. The molecule has 4 aromatic rings. The van der Waals surface area contributed by atoms with E-state index in [-0.39, 0.29) is 17.6 Å². The summed E-state index contributed by atoms with van der Waals surface area (Å²) in [5, 5.41) is 6.93. The lowest BCUT2D eigenvalue weighted by atomic mass is 9.74. The van der Waals surface area contributed by atoms with E-state index < -0.39 is 0 Å². The van der Waals surface area contributed by atoms with Gasteiger partial charge in [-0.05, 0) is 43.6 Å². The van der Waals surface area contributed by atoms with Crippen molar-refractivity contribution in [2.24, 2.45) is 11.8 Å². The van der Waals surface area contributed by atoms with Gasteiger partial charge in [-0.3, -0.25) is 9.78 Å². The van der Waals surface area contributed by atoms with E-state index in [0.717, 1.165) is 72.3 Å². The maximum Gasteiger partial charge on any atom is 0.185 e. The summed E-state index contributed by atoms with van der Waals surface area (Å²) in [7, 11) is 0. The summed E-state index contributed by atoms with van der Waals surface area (Å²) in [5.41, 5.74) is 3.60. The minimum atomic E-state index is -0.100. The Bertz CT molecular complexity index is 1370. The van der Waals surface area contributed by atoms with Crippen LogP contribution in [0, 0.1) is 18.8 Å². The van der Waals surface area contributed by atoms with Crippen LogP contribution in [-0.4, -0.2) is 38.5 Å². The first kappa shape index (κ1) is 21.3. The number of hydrogen-bond donors (Lipinski definition) is 0. The Labute approximate surface area is 200 Å². The van der Waals surface area contributed by atoms with Gasteiger partial charge >= 0.3 is 0 Å². The summed E-state index contributed by atoms with van der Waals surface area (Å²) in [4.78, 5) is 25.7. The van der Waals surface area contributed by atoms with E-state index in [0.29, 0.717) is 11.6 Å². The average Bonchev–Trinajstić information content (AvgIpc) is 3.48. The topological polar surface area (TPSA) is 63.4 Å². The number of fused-ring (bicyclic) bond motifs is 2. The first-order valence-electron chi connectivity index (χ1n) is 12.6. The molecule has 0 radical (unpaired) electrons. The highest BCUT2D eigenvalue weighted by Crippen LogP contribution is 2.40. The van der Waals surface area contributed by atoms with Crippen LogP contribution in [0.3, 0.4) is 0 Å². The Morgan fingerprint density at radius 1 is 1.09 bits per heavy atom. The summed E-state index contributed by atoms with van der Waals surface area (Å²) in [6.45, 7) is 6.53. The van der Waals surface area contributed by atoms with Crippen molar-refractivity contribution in [2.75, 3.05) is 18.0 Å². The van der Waals surface area contributed by atoms with Crippen molar-refractivity contribution in [1.82, 2.24) is 19.6 Å². The highest BCUT2D eigenvalue weighted by atomic mass is 16.1. The molecule has 34 heavy (non-hydrogen) atoms. The standard InChI is InChI=1S/C28H31N5O/c1-18-12-14-32(16-18)28-19(2)17-33-25(30-28)15-24(31-33)22-9-5-6-10-23(22)27(34)26-21-8-4-3-7-20(21)11-13-29-26/h3-4,7-8,11,13,15,17-18,22-23H,5-6,9-10,12,14,16H2,1-2H3/t18-,22+,23?/m0/s1. The highest BCUT2D eigenvalue weighted by molar-refractivity contribution is 6.07. The molecule has 1 aromatic carbocycles. The van der Waals surface area contributed by atoms with Gasteiger partial charge < -0.3 is 4.90 Å². The predicted molar refractivity (Wildman–Crippen MR) is 134 cm³/mol. The largest absolute Gasteiger partial charge is 0.356 e. The first-order valence-corrected chi connectivity index (χ1v) is 12.6. The fourth-order valence-corrected chi connectivity index (χ4v) is 5.94. The molecule has 0 N–H and O–H groups in total. The molecule has 1 saturated carbocycles. The van der Waals surface area contributed by atoms with Gasteiger partial charge in [-0.1, -0.05) is 44.0 Å². The summed E-state index contributed by atoms with van der Waals surface area (Å²) in [5.74, 6) is 1.92. The van der Waals surface area contributed by atoms with E-state index in [1.54, 1.807) is 6.20 Å². The Kier molecular flexibility index (Phi) is 5.31. The van der Waals surface area contributed by atoms with Crippen molar-refractivity contribution in [3.8, 4) is 0 Å². The minimum Gasteiger partial charge on any atom is -0.356 e.